The highest BCUT2D eigenvalue weighted by Gasteiger charge is 2.08. The lowest BCUT2D eigenvalue weighted by atomic mass is 10.1. The van der Waals surface area contributed by atoms with Gasteiger partial charge in [-0.15, -0.1) is 11.3 Å². The van der Waals surface area contributed by atoms with Crippen LogP contribution in [0.25, 0.3) is 10.8 Å². The fourth-order valence-electron chi connectivity index (χ4n) is 2.21. The molecule has 0 fully saturated rings. The van der Waals surface area contributed by atoms with E-state index in [1.165, 1.54) is 0 Å². The Morgan fingerprint density at radius 2 is 2.09 bits per heavy atom. The van der Waals surface area contributed by atoms with Crippen molar-refractivity contribution >= 4 is 28.0 Å². The number of pyridine rings is 1. The molecule has 0 unspecified atom stereocenters. The van der Waals surface area contributed by atoms with E-state index < -0.39 is 0 Å². The summed E-state index contributed by atoms with van der Waals surface area (Å²) in [6, 6.07) is 9.71. The topological polar surface area (TPSA) is 54.9 Å². The Morgan fingerprint density at radius 1 is 1.27 bits per heavy atom. The van der Waals surface area contributed by atoms with Crippen LogP contribution in [-0.4, -0.2) is 22.4 Å². The molecule has 1 aromatic carbocycles. The van der Waals surface area contributed by atoms with Gasteiger partial charge in [-0.1, -0.05) is 31.2 Å². The van der Waals surface area contributed by atoms with Gasteiger partial charge < -0.3 is 5.32 Å². The van der Waals surface area contributed by atoms with Crippen LogP contribution in [0.2, 0.25) is 0 Å². The van der Waals surface area contributed by atoms with Gasteiger partial charge in [-0.2, -0.15) is 0 Å². The molecule has 22 heavy (non-hydrogen) atoms. The predicted octanol–water partition coefficient (Wildman–Crippen LogP) is 3.23. The highest BCUT2D eigenvalue weighted by atomic mass is 32.1. The van der Waals surface area contributed by atoms with E-state index in [-0.39, 0.29) is 5.91 Å². The van der Waals surface area contributed by atoms with E-state index in [0.29, 0.717) is 12.2 Å². The first-order valence-electron chi connectivity index (χ1n) is 7.32. The van der Waals surface area contributed by atoms with Gasteiger partial charge in [-0.05, 0) is 17.9 Å². The normalized spacial score (nSPS) is 10.8. The number of nitrogens with one attached hydrogen (secondary N) is 1. The van der Waals surface area contributed by atoms with E-state index in [1.54, 1.807) is 17.5 Å². The summed E-state index contributed by atoms with van der Waals surface area (Å²) in [5.41, 5.74) is 1.56. The lowest BCUT2D eigenvalue weighted by Gasteiger charge is -2.04. The highest BCUT2D eigenvalue weighted by molar-refractivity contribution is 7.09. The number of benzene rings is 1. The Labute approximate surface area is 133 Å². The summed E-state index contributed by atoms with van der Waals surface area (Å²) in [7, 11) is 0. The Morgan fingerprint density at radius 3 is 2.86 bits per heavy atom. The minimum atomic E-state index is -0.141. The number of rotatable bonds is 5. The van der Waals surface area contributed by atoms with Gasteiger partial charge in [0.1, 0.15) is 5.69 Å². The molecule has 0 spiro atoms. The summed E-state index contributed by atoms with van der Waals surface area (Å²) in [6.45, 7) is 2.66. The predicted molar refractivity (Wildman–Crippen MR) is 89.3 cm³/mol. The number of amides is 1. The minimum absolute atomic E-state index is 0.141. The van der Waals surface area contributed by atoms with E-state index in [9.17, 15) is 4.79 Å². The second kappa shape index (κ2) is 6.66. The van der Waals surface area contributed by atoms with E-state index >= 15 is 0 Å². The molecule has 5 heteroatoms. The van der Waals surface area contributed by atoms with Crippen LogP contribution in [0, 0.1) is 0 Å². The molecule has 0 aliphatic rings. The molecule has 1 N–H and O–H groups in total. The molecule has 4 nitrogen and oxygen atoms in total. The molecule has 0 aliphatic carbocycles. The number of aromatic nitrogens is 2. The fourth-order valence-corrected chi connectivity index (χ4v) is 3.09. The van der Waals surface area contributed by atoms with Crippen LogP contribution in [0.15, 0.2) is 41.9 Å². The quantitative estimate of drug-likeness (QED) is 0.787. The summed E-state index contributed by atoms with van der Waals surface area (Å²) in [4.78, 5) is 20.9. The van der Waals surface area contributed by atoms with Crippen LogP contribution in [0.3, 0.4) is 0 Å². The first-order valence-corrected chi connectivity index (χ1v) is 8.20. The van der Waals surface area contributed by atoms with Crippen LogP contribution in [0.1, 0.15) is 28.1 Å². The number of thiazole rings is 1. The van der Waals surface area contributed by atoms with Crippen molar-refractivity contribution in [3.8, 4) is 0 Å². The van der Waals surface area contributed by atoms with E-state index in [1.807, 2.05) is 30.3 Å². The Kier molecular flexibility index (Phi) is 4.44. The second-order valence-corrected chi connectivity index (χ2v) is 5.95. The van der Waals surface area contributed by atoms with Crippen molar-refractivity contribution in [1.29, 1.82) is 0 Å². The molecule has 1 amide bonds. The molecule has 2 heterocycles. The summed E-state index contributed by atoms with van der Waals surface area (Å²) in [5, 5.41) is 8.09. The van der Waals surface area contributed by atoms with Gasteiger partial charge in [0.25, 0.3) is 5.91 Å². The van der Waals surface area contributed by atoms with E-state index in [0.717, 1.165) is 34.3 Å². The maximum absolute atomic E-state index is 12.1. The Balaban J connectivity index is 1.60. The third kappa shape index (κ3) is 3.31. The number of carbonyl (C=O) groups excluding carboxylic acids is 1. The average Bonchev–Trinajstić information content (AvgIpc) is 3.02. The zero-order valence-corrected chi connectivity index (χ0v) is 13.2. The number of hydrogen-bond acceptors (Lipinski definition) is 4. The smallest absolute Gasteiger partial charge is 0.269 e. The maximum atomic E-state index is 12.1. The van der Waals surface area contributed by atoms with Gasteiger partial charge in [-0.25, -0.2) is 4.98 Å². The van der Waals surface area contributed by atoms with Crippen molar-refractivity contribution in [2.45, 2.75) is 19.8 Å². The van der Waals surface area contributed by atoms with Crippen molar-refractivity contribution in [2.75, 3.05) is 6.54 Å². The largest absolute Gasteiger partial charge is 0.350 e. The van der Waals surface area contributed by atoms with Crippen molar-refractivity contribution in [1.82, 2.24) is 15.3 Å². The molecular formula is C17H17N3OS. The first-order chi connectivity index (χ1) is 10.8. The lowest BCUT2D eigenvalue weighted by molar-refractivity contribution is 0.0949. The SMILES string of the molecule is CCc1csc(CCNC(=O)c2cc3ccccc3cn2)n1. The van der Waals surface area contributed by atoms with Gasteiger partial charge in [-0.3, -0.25) is 9.78 Å². The summed E-state index contributed by atoms with van der Waals surface area (Å²) >= 11 is 1.65. The number of fused-ring (bicyclic) bond motifs is 1. The second-order valence-electron chi connectivity index (χ2n) is 5.01. The third-order valence-electron chi connectivity index (χ3n) is 3.45. The number of hydrogen-bond donors (Lipinski definition) is 1. The standard InChI is InChI=1S/C17H17N3OS/c1-2-14-11-22-16(20-14)7-8-18-17(21)15-9-12-5-3-4-6-13(12)10-19-15/h3-6,9-11H,2,7-8H2,1H3,(H,18,21). The van der Waals surface area contributed by atoms with Crippen molar-refractivity contribution < 1.29 is 4.79 Å². The van der Waals surface area contributed by atoms with Crippen molar-refractivity contribution in [3.63, 3.8) is 0 Å². The van der Waals surface area contributed by atoms with Gasteiger partial charge in [0.2, 0.25) is 0 Å². The van der Waals surface area contributed by atoms with Crippen molar-refractivity contribution in [2.24, 2.45) is 0 Å². The summed E-state index contributed by atoms with van der Waals surface area (Å²) in [5.74, 6) is -0.141. The molecule has 0 radical (unpaired) electrons. The monoisotopic (exact) mass is 311 g/mol. The molecule has 112 valence electrons. The first kappa shape index (κ1) is 14.7. The van der Waals surface area contributed by atoms with Gasteiger partial charge in [0, 0.05) is 29.9 Å². The molecule has 0 saturated carbocycles. The average molecular weight is 311 g/mol. The number of carbonyl (C=O) groups is 1. The fraction of sp³-hybridized carbons (Fsp3) is 0.235. The molecule has 2 aromatic heterocycles. The maximum Gasteiger partial charge on any atom is 0.269 e. The zero-order valence-electron chi connectivity index (χ0n) is 12.4. The number of nitrogens with zero attached hydrogens (tertiary/aromatic N) is 2. The van der Waals surface area contributed by atoms with Gasteiger partial charge in [0.15, 0.2) is 0 Å². The molecule has 0 aliphatic heterocycles. The third-order valence-corrected chi connectivity index (χ3v) is 4.41. The van der Waals surface area contributed by atoms with Crippen LogP contribution in [0.5, 0.6) is 0 Å². The van der Waals surface area contributed by atoms with E-state index in [4.69, 9.17) is 0 Å². The van der Waals surface area contributed by atoms with Gasteiger partial charge >= 0.3 is 0 Å². The van der Waals surface area contributed by atoms with Crippen LogP contribution in [-0.2, 0) is 12.8 Å². The van der Waals surface area contributed by atoms with E-state index in [2.05, 4.69) is 27.6 Å². The summed E-state index contributed by atoms with van der Waals surface area (Å²) in [6.07, 6.45) is 3.44. The zero-order chi connectivity index (χ0) is 15.4. The molecule has 0 atom stereocenters. The molecule has 0 bridgehead atoms. The van der Waals surface area contributed by atoms with Crippen LogP contribution < -0.4 is 5.32 Å². The van der Waals surface area contributed by atoms with Crippen molar-refractivity contribution in [3.05, 3.63) is 58.3 Å². The summed E-state index contributed by atoms with van der Waals surface area (Å²) < 4.78 is 0. The molecule has 3 rings (SSSR count). The van der Waals surface area contributed by atoms with Crippen LogP contribution >= 0.6 is 11.3 Å². The van der Waals surface area contributed by atoms with Crippen LogP contribution in [0.4, 0.5) is 0 Å². The number of aryl methyl sites for hydroxylation is 1. The molecular weight excluding hydrogens is 294 g/mol. The lowest BCUT2D eigenvalue weighted by Crippen LogP contribution is -2.26. The Hall–Kier alpha value is -2.27. The molecule has 0 saturated heterocycles. The minimum Gasteiger partial charge on any atom is -0.350 e. The van der Waals surface area contributed by atoms with Gasteiger partial charge in [0.05, 0.1) is 10.7 Å². The molecule has 3 aromatic rings. The Bertz CT molecular complexity index is 797. The highest BCUT2D eigenvalue weighted by Crippen LogP contribution is 2.13.